The van der Waals surface area contributed by atoms with E-state index in [1.807, 2.05) is 18.2 Å². The second kappa shape index (κ2) is 6.75. The van der Waals surface area contributed by atoms with Crippen molar-refractivity contribution in [3.05, 3.63) is 66.0 Å². The normalized spacial score (nSPS) is 10.8. The third kappa shape index (κ3) is 3.20. The third-order valence-electron chi connectivity index (χ3n) is 3.35. The molecule has 0 N–H and O–H groups in total. The summed E-state index contributed by atoms with van der Waals surface area (Å²) >= 11 is 1.66. The van der Waals surface area contributed by atoms with Crippen molar-refractivity contribution in [2.24, 2.45) is 0 Å². The van der Waals surface area contributed by atoms with E-state index in [-0.39, 0.29) is 5.82 Å². The quantitative estimate of drug-likeness (QED) is 0.654. The van der Waals surface area contributed by atoms with E-state index in [2.05, 4.69) is 33.8 Å². The number of rotatable bonds is 5. The molecule has 0 aliphatic rings. The molecule has 3 nitrogen and oxygen atoms in total. The zero-order valence-electron chi connectivity index (χ0n) is 12.2. The van der Waals surface area contributed by atoms with Gasteiger partial charge in [0.05, 0.1) is 0 Å². The Bertz CT molecular complexity index is 738. The predicted molar refractivity (Wildman–Crippen MR) is 87.1 cm³/mol. The molecular weight excluding hydrogens is 297 g/mol. The van der Waals surface area contributed by atoms with Crippen molar-refractivity contribution in [1.29, 1.82) is 0 Å². The SMILES string of the molecule is CCn1c(SCc2ccccc2)nnc1-c1ccc(F)cc1. The number of thioether (sulfide) groups is 1. The van der Waals surface area contributed by atoms with Crippen molar-refractivity contribution in [2.75, 3.05) is 0 Å². The van der Waals surface area contributed by atoms with Gasteiger partial charge in [0, 0.05) is 17.9 Å². The zero-order chi connectivity index (χ0) is 15.4. The van der Waals surface area contributed by atoms with Crippen LogP contribution in [0.3, 0.4) is 0 Å². The van der Waals surface area contributed by atoms with Crippen molar-refractivity contribution in [3.63, 3.8) is 0 Å². The lowest BCUT2D eigenvalue weighted by Crippen LogP contribution is -2.00. The highest BCUT2D eigenvalue weighted by atomic mass is 32.2. The lowest BCUT2D eigenvalue weighted by Gasteiger charge is -2.07. The van der Waals surface area contributed by atoms with Crippen LogP contribution in [0.25, 0.3) is 11.4 Å². The molecule has 2 aromatic carbocycles. The van der Waals surface area contributed by atoms with E-state index >= 15 is 0 Å². The smallest absolute Gasteiger partial charge is 0.191 e. The minimum atomic E-state index is -0.245. The molecule has 0 aliphatic carbocycles. The molecular formula is C17H16FN3S. The Labute approximate surface area is 133 Å². The molecule has 0 saturated carbocycles. The molecule has 5 heteroatoms. The molecule has 22 heavy (non-hydrogen) atoms. The summed E-state index contributed by atoms with van der Waals surface area (Å²) < 4.78 is 15.1. The van der Waals surface area contributed by atoms with Gasteiger partial charge in [0.15, 0.2) is 11.0 Å². The van der Waals surface area contributed by atoms with E-state index in [1.54, 1.807) is 23.9 Å². The molecule has 0 fully saturated rings. The average molecular weight is 313 g/mol. The molecule has 1 heterocycles. The van der Waals surface area contributed by atoms with Crippen LogP contribution >= 0.6 is 11.8 Å². The molecule has 0 radical (unpaired) electrons. The van der Waals surface area contributed by atoms with Crippen LogP contribution in [0, 0.1) is 5.82 Å². The van der Waals surface area contributed by atoms with Crippen LogP contribution < -0.4 is 0 Å². The second-order valence-corrected chi connectivity index (χ2v) is 5.77. The first-order valence-electron chi connectivity index (χ1n) is 7.14. The van der Waals surface area contributed by atoms with Crippen molar-refractivity contribution in [3.8, 4) is 11.4 Å². The lowest BCUT2D eigenvalue weighted by molar-refractivity contribution is 0.627. The van der Waals surface area contributed by atoms with Gasteiger partial charge in [0.2, 0.25) is 0 Å². The monoisotopic (exact) mass is 313 g/mol. The Morgan fingerprint density at radius 3 is 2.41 bits per heavy atom. The van der Waals surface area contributed by atoms with Crippen LogP contribution in [0.5, 0.6) is 0 Å². The average Bonchev–Trinajstić information content (AvgIpc) is 2.97. The van der Waals surface area contributed by atoms with Gasteiger partial charge in [0.25, 0.3) is 0 Å². The Kier molecular flexibility index (Phi) is 4.53. The van der Waals surface area contributed by atoms with Crippen LogP contribution in [-0.2, 0) is 12.3 Å². The van der Waals surface area contributed by atoms with Crippen molar-refractivity contribution in [2.45, 2.75) is 24.4 Å². The highest BCUT2D eigenvalue weighted by Gasteiger charge is 2.13. The van der Waals surface area contributed by atoms with Crippen LogP contribution in [0.1, 0.15) is 12.5 Å². The molecule has 0 bridgehead atoms. The molecule has 0 amide bonds. The summed E-state index contributed by atoms with van der Waals surface area (Å²) in [5.41, 5.74) is 2.13. The van der Waals surface area contributed by atoms with Gasteiger partial charge in [-0.2, -0.15) is 0 Å². The van der Waals surface area contributed by atoms with Crippen LogP contribution in [0.15, 0.2) is 59.8 Å². The van der Waals surface area contributed by atoms with Gasteiger partial charge in [-0.3, -0.25) is 0 Å². The largest absolute Gasteiger partial charge is 0.302 e. The summed E-state index contributed by atoms with van der Waals surface area (Å²) in [6.45, 7) is 2.83. The van der Waals surface area contributed by atoms with Gasteiger partial charge in [-0.1, -0.05) is 42.1 Å². The molecule has 3 aromatic rings. The highest BCUT2D eigenvalue weighted by Crippen LogP contribution is 2.26. The van der Waals surface area contributed by atoms with E-state index in [9.17, 15) is 4.39 Å². The molecule has 0 aliphatic heterocycles. The summed E-state index contributed by atoms with van der Waals surface area (Å²) in [5.74, 6) is 1.38. The van der Waals surface area contributed by atoms with Gasteiger partial charge < -0.3 is 4.57 Å². The first-order chi connectivity index (χ1) is 10.8. The molecule has 3 rings (SSSR count). The molecule has 0 atom stereocenters. The summed E-state index contributed by atoms with van der Waals surface area (Å²) in [6.07, 6.45) is 0. The standard InChI is InChI=1S/C17H16FN3S/c1-2-21-16(14-8-10-15(18)11-9-14)19-20-17(21)22-12-13-6-4-3-5-7-13/h3-11H,2,12H2,1H3. The van der Waals surface area contributed by atoms with Gasteiger partial charge in [0.1, 0.15) is 5.82 Å². The van der Waals surface area contributed by atoms with Gasteiger partial charge in [-0.25, -0.2) is 4.39 Å². The molecule has 0 unspecified atom stereocenters. The second-order valence-electron chi connectivity index (χ2n) is 4.83. The van der Waals surface area contributed by atoms with Crippen LogP contribution in [0.2, 0.25) is 0 Å². The molecule has 0 saturated heterocycles. The fourth-order valence-electron chi connectivity index (χ4n) is 2.22. The maximum Gasteiger partial charge on any atom is 0.191 e. The van der Waals surface area contributed by atoms with Gasteiger partial charge in [-0.15, -0.1) is 10.2 Å². The van der Waals surface area contributed by atoms with Gasteiger partial charge >= 0.3 is 0 Å². The van der Waals surface area contributed by atoms with E-state index in [0.717, 1.165) is 28.8 Å². The fourth-order valence-corrected chi connectivity index (χ4v) is 3.17. The number of nitrogens with zero attached hydrogens (tertiary/aromatic N) is 3. The summed E-state index contributed by atoms with van der Waals surface area (Å²) in [7, 11) is 0. The Morgan fingerprint density at radius 2 is 1.73 bits per heavy atom. The van der Waals surface area contributed by atoms with Crippen LogP contribution in [-0.4, -0.2) is 14.8 Å². The molecule has 0 spiro atoms. The predicted octanol–water partition coefficient (Wildman–Crippen LogP) is 4.40. The van der Waals surface area contributed by atoms with E-state index in [4.69, 9.17) is 0 Å². The van der Waals surface area contributed by atoms with Crippen LogP contribution in [0.4, 0.5) is 4.39 Å². The van der Waals surface area contributed by atoms with E-state index < -0.39 is 0 Å². The van der Waals surface area contributed by atoms with E-state index in [1.165, 1.54) is 17.7 Å². The minimum Gasteiger partial charge on any atom is -0.302 e. The summed E-state index contributed by atoms with van der Waals surface area (Å²) in [5, 5.41) is 9.43. The van der Waals surface area contributed by atoms with Crippen molar-refractivity contribution < 1.29 is 4.39 Å². The number of hydrogen-bond acceptors (Lipinski definition) is 3. The Balaban J connectivity index is 1.82. The minimum absolute atomic E-state index is 0.245. The number of halogens is 1. The van der Waals surface area contributed by atoms with Gasteiger partial charge in [-0.05, 0) is 36.8 Å². The number of benzene rings is 2. The molecule has 1 aromatic heterocycles. The first-order valence-corrected chi connectivity index (χ1v) is 8.12. The Hall–Kier alpha value is -2.14. The van der Waals surface area contributed by atoms with Crippen molar-refractivity contribution >= 4 is 11.8 Å². The third-order valence-corrected chi connectivity index (χ3v) is 4.38. The topological polar surface area (TPSA) is 30.7 Å². The maximum atomic E-state index is 13.1. The Morgan fingerprint density at radius 1 is 1.00 bits per heavy atom. The number of hydrogen-bond donors (Lipinski definition) is 0. The summed E-state index contributed by atoms with van der Waals surface area (Å²) in [4.78, 5) is 0. The molecule has 112 valence electrons. The lowest BCUT2D eigenvalue weighted by atomic mass is 10.2. The zero-order valence-corrected chi connectivity index (χ0v) is 13.1. The summed E-state index contributed by atoms with van der Waals surface area (Å²) in [6, 6.07) is 16.6. The number of aromatic nitrogens is 3. The van der Waals surface area contributed by atoms with E-state index in [0.29, 0.717) is 0 Å². The first kappa shape index (κ1) is 14.8. The highest BCUT2D eigenvalue weighted by molar-refractivity contribution is 7.98. The maximum absolute atomic E-state index is 13.1. The fraction of sp³-hybridized carbons (Fsp3) is 0.176. The van der Waals surface area contributed by atoms with Crippen molar-refractivity contribution in [1.82, 2.24) is 14.8 Å².